The molecule has 1 aliphatic rings. The third-order valence-electron chi connectivity index (χ3n) is 4.77. The Morgan fingerprint density at radius 1 is 1.07 bits per heavy atom. The number of carbonyl (C=O) groups excluding carboxylic acids is 1. The number of halogens is 1. The van der Waals surface area contributed by atoms with Gasteiger partial charge in [0, 0.05) is 21.4 Å². The van der Waals surface area contributed by atoms with Crippen LogP contribution in [0, 0.1) is 6.92 Å². The molecule has 0 bridgehead atoms. The van der Waals surface area contributed by atoms with Gasteiger partial charge in [0.1, 0.15) is 11.9 Å². The van der Waals surface area contributed by atoms with Gasteiger partial charge in [-0.25, -0.2) is 0 Å². The van der Waals surface area contributed by atoms with Crippen LogP contribution in [-0.2, 0) is 0 Å². The van der Waals surface area contributed by atoms with E-state index < -0.39 is 0 Å². The van der Waals surface area contributed by atoms with Crippen molar-refractivity contribution in [3.63, 3.8) is 0 Å². The average Bonchev–Trinajstić information content (AvgIpc) is 2.69. The zero-order valence-corrected chi connectivity index (χ0v) is 17.4. The first kappa shape index (κ1) is 18.6. The Kier molecular flexibility index (Phi) is 5.09. The molecule has 0 unspecified atom stereocenters. The summed E-state index contributed by atoms with van der Waals surface area (Å²) in [7, 11) is 0. The normalized spacial score (nSPS) is 15.8. The molecule has 4 nitrogen and oxygen atoms in total. The SMILES string of the molecule is CCOc1ccccc1[C@H]1Nc2ccc(Br)cc2C(=O)N1c1cccc(C)c1. The van der Waals surface area contributed by atoms with E-state index in [1.54, 1.807) is 4.90 Å². The second-order valence-electron chi connectivity index (χ2n) is 6.72. The van der Waals surface area contributed by atoms with Crippen LogP contribution in [0.15, 0.2) is 71.2 Å². The average molecular weight is 437 g/mol. The highest BCUT2D eigenvalue weighted by Gasteiger charge is 2.35. The number of fused-ring (bicyclic) bond motifs is 1. The Balaban J connectivity index is 1.89. The number of anilines is 2. The highest BCUT2D eigenvalue weighted by Crippen LogP contribution is 2.40. The molecule has 3 aromatic rings. The fraction of sp³-hybridized carbons (Fsp3) is 0.174. The lowest BCUT2D eigenvalue weighted by Gasteiger charge is -2.38. The van der Waals surface area contributed by atoms with Gasteiger partial charge in [0.2, 0.25) is 0 Å². The molecule has 1 atom stereocenters. The minimum Gasteiger partial charge on any atom is -0.493 e. The van der Waals surface area contributed by atoms with Crippen LogP contribution in [0.25, 0.3) is 0 Å². The van der Waals surface area contributed by atoms with Gasteiger partial charge in [-0.05, 0) is 55.8 Å². The largest absolute Gasteiger partial charge is 0.493 e. The van der Waals surface area contributed by atoms with Gasteiger partial charge < -0.3 is 10.1 Å². The van der Waals surface area contributed by atoms with Crippen LogP contribution < -0.4 is 15.0 Å². The second-order valence-corrected chi connectivity index (χ2v) is 7.64. The molecule has 0 fully saturated rings. The summed E-state index contributed by atoms with van der Waals surface area (Å²) in [5.74, 6) is 0.727. The maximum Gasteiger partial charge on any atom is 0.262 e. The molecule has 0 saturated carbocycles. The van der Waals surface area contributed by atoms with Gasteiger partial charge in [0.25, 0.3) is 5.91 Å². The van der Waals surface area contributed by atoms with E-state index in [4.69, 9.17) is 4.74 Å². The van der Waals surface area contributed by atoms with Crippen molar-refractivity contribution < 1.29 is 9.53 Å². The zero-order chi connectivity index (χ0) is 19.7. The molecular formula is C23H21BrN2O2. The molecule has 0 saturated heterocycles. The molecule has 142 valence electrons. The van der Waals surface area contributed by atoms with Gasteiger partial charge in [-0.2, -0.15) is 0 Å². The molecule has 4 rings (SSSR count). The summed E-state index contributed by atoms with van der Waals surface area (Å²) in [4.78, 5) is 15.4. The van der Waals surface area contributed by atoms with E-state index in [1.807, 2.05) is 80.6 Å². The summed E-state index contributed by atoms with van der Waals surface area (Å²) >= 11 is 3.48. The van der Waals surface area contributed by atoms with Crippen LogP contribution in [0.3, 0.4) is 0 Å². The lowest BCUT2D eigenvalue weighted by atomic mass is 10.0. The number of aryl methyl sites for hydroxylation is 1. The van der Waals surface area contributed by atoms with E-state index in [2.05, 4.69) is 21.2 Å². The molecule has 5 heteroatoms. The quantitative estimate of drug-likeness (QED) is 0.550. The highest BCUT2D eigenvalue weighted by molar-refractivity contribution is 9.10. The molecule has 0 aliphatic carbocycles. The van der Waals surface area contributed by atoms with Gasteiger partial charge in [-0.3, -0.25) is 9.69 Å². The van der Waals surface area contributed by atoms with Crippen LogP contribution >= 0.6 is 15.9 Å². The smallest absolute Gasteiger partial charge is 0.262 e. The van der Waals surface area contributed by atoms with Crippen molar-refractivity contribution in [3.05, 3.63) is 87.9 Å². The maximum absolute atomic E-state index is 13.6. The van der Waals surface area contributed by atoms with E-state index in [0.717, 1.165) is 32.7 Å². The fourth-order valence-corrected chi connectivity index (χ4v) is 3.89. The predicted molar refractivity (Wildman–Crippen MR) is 116 cm³/mol. The number of ether oxygens (including phenoxy) is 1. The summed E-state index contributed by atoms with van der Waals surface area (Å²) in [6, 6.07) is 21.6. The van der Waals surface area contributed by atoms with Gasteiger partial charge in [0.15, 0.2) is 0 Å². The molecular weight excluding hydrogens is 416 g/mol. The number of amides is 1. The summed E-state index contributed by atoms with van der Waals surface area (Å²) < 4.78 is 6.73. The van der Waals surface area contributed by atoms with Crippen molar-refractivity contribution in [2.75, 3.05) is 16.8 Å². The summed E-state index contributed by atoms with van der Waals surface area (Å²) in [5.41, 5.74) is 4.32. The Labute approximate surface area is 173 Å². The number of carbonyl (C=O) groups is 1. The van der Waals surface area contributed by atoms with E-state index in [9.17, 15) is 4.79 Å². The number of benzene rings is 3. The Bertz CT molecular complexity index is 1030. The summed E-state index contributed by atoms with van der Waals surface area (Å²) in [5, 5.41) is 3.54. The minimum absolute atomic E-state index is 0.0445. The monoisotopic (exact) mass is 436 g/mol. The van der Waals surface area contributed by atoms with Gasteiger partial charge in [-0.1, -0.05) is 46.3 Å². The zero-order valence-electron chi connectivity index (χ0n) is 15.8. The van der Waals surface area contributed by atoms with Crippen molar-refractivity contribution in [3.8, 4) is 5.75 Å². The predicted octanol–water partition coefficient (Wildman–Crippen LogP) is 5.93. The first-order chi connectivity index (χ1) is 13.6. The number of hydrogen-bond acceptors (Lipinski definition) is 3. The van der Waals surface area contributed by atoms with Crippen LogP contribution in [0.2, 0.25) is 0 Å². The Hall–Kier alpha value is -2.79. The number of nitrogens with zero attached hydrogens (tertiary/aromatic N) is 1. The molecule has 1 heterocycles. The third-order valence-corrected chi connectivity index (χ3v) is 5.27. The summed E-state index contributed by atoms with van der Waals surface area (Å²) in [6.45, 7) is 4.55. The molecule has 1 amide bonds. The maximum atomic E-state index is 13.6. The van der Waals surface area contributed by atoms with E-state index in [0.29, 0.717) is 12.2 Å². The molecule has 28 heavy (non-hydrogen) atoms. The Morgan fingerprint density at radius 2 is 1.89 bits per heavy atom. The van der Waals surface area contributed by atoms with Gasteiger partial charge in [-0.15, -0.1) is 0 Å². The van der Waals surface area contributed by atoms with Crippen molar-refractivity contribution >= 4 is 33.2 Å². The number of rotatable bonds is 4. The van der Waals surface area contributed by atoms with E-state index in [1.165, 1.54) is 0 Å². The van der Waals surface area contributed by atoms with Gasteiger partial charge >= 0.3 is 0 Å². The lowest BCUT2D eigenvalue weighted by molar-refractivity contribution is 0.0974. The van der Waals surface area contributed by atoms with E-state index in [-0.39, 0.29) is 12.1 Å². The highest BCUT2D eigenvalue weighted by atomic mass is 79.9. The minimum atomic E-state index is -0.370. The first-order valence-electron chi connectivity index (χ1n) is 9.26. The number of para-hydroxylation sites is 1. The topological polar surface area (TPSA) is 41.6 Å². The van der Waals surface area contributed by atoms with Crippen LogP contribution in [0.5, 0.6) is 5.75 Å². The van der Waals surface area contributed by atoms with Gasteiger partial charge in [0.05, 0.1) is 12.2 Å². The van der Waals surface area contributed by atoms with Crippen LogP contribution in [0.1, 0.15) is 34.6 Å². The Morgan fingerprint density at radius 3 is 2.68 bits per heavy atom. The van der Waals surface area contributed by atoms with Crippen LogP contribution in [-0.4, -0.2) is 12.5 Å². The molecule has 0 radical (unpaired) electrons. The summed E-state index contributed by atoms with van der Waals surface area (Å²) in [6.07, 6.45) is -0.370. The standard InChI is InChI=1S/C23H21BrN2O2/c1-3-28-21-10-5-4-9-18(21)22-25-20-12-11-16(24)14-19(20)23(27)26(22)17-8-6-7-15(2)13-17/h4-14,22,25H,3H2,1-2H3/t22-/m0/s1. The van der Waals surface area contributed by atoms with Crippen molar-refractivity contribution in [1.82, 2.24) is 0 Å². The molecule has 3 aromatic carbocycles. The molecule has 0 aromatic heterocycles. The van der Waals surface area contributed by atoms with E-state index >= 15 is 0 Å². The lowest BCUT2D eigenvalue weighted by Crippen LogP contribution is -2.43. The second kappa shape index (κ2) is 7.68. The van der Waals surface area contributed by atoms with Crippen molar-refractivity contribution in [1.29, 1.82) is 0 Å². The number of hydrogen-bond donors (Lipinski definition) is 1. The molecule has 1 aliphatic heterocycles. The third kappa shape index (κ3) is 3.38. The first-order valence-corrected chi connectivity index (χ1v) is 10.1. The van der Waals surface area contributed by atoms with Crippen molar-refractivity contribution in [2.45, 2.75) is 20.0 Å². The fourth-order valence-electron chi connectivity index (χ4n) is 3.53. The van der Waals surface area contributed by atoms with Crippen molar-refractivity contribution in [2.24, 2.45) is 0 Å². The number of nitrogens with one attached hydrogen (secondary N) is 1. The molecule has 1 N–H and O–H groups in total. The van der Waals surface area contributed by atoms with Crippen LogP contribution in [0.4, 0.5) is 11.4 Å². The molecule has 0 spiro atoms.